The number of anilines is 1. The maximum absolute atomic E-state index is 13.2. The van der Waals surface area contributed by atoms with E-state index in [1.165, 1.54) is 35.6 Å². The normalized spacial score (nSPS) is 19.5. The Balaban J connectivity index is 1.10. The van der Waals surface area contributed by atoms with Crippen LogP contribution in [0.25, 0.3) is 10.8 Å². The fraction of sp³-hybridized carbons (Fsp3) is 0.464. The molecule has 3 aromatic rings. The zero-order valence-electron chi connectivity index (χ0n) is 19.8. The second-order valence-corrected chi connectivity index (χ2v) is 9.95. The molecule has 6 rings (SSSR count). The van der Waals surface area contributed by atoms with Gasteiger partial charge in [-0.05, 0) is 41.2 Å². The van der Waals surface area contributed by atoms with Gasteiger partial charge in [0.05, 0.1) is 12.1 Å². The molecule has 1 amide bonds. The average molecular weight is 456 g/mol. The number of piperazine rings is 1. The molecule has 0 bridgehead atoms. The summed E-state index contributed by atoms with van der Waals surface area (Å²) in [4.78, 5) is 29.9. The number of carbonyl (C=O) groups is 1. The number of hydrogen-bond acceptors (Lipinski definition) is 5. The molecule has 0 atom stereocenters. The van der Waals surface area contributed by atoms with Crippen molar-refractivity contribution in [3.05, 3.63) is 65.5 Å². The largest absolute Gasteiger partial charge is 0.342 e. The highest BCUT2D eigenvalue weighted by Gasteiger charge is 2.29. The molecule has 6 nitrogen and oxygen atoms in total. The molecule has 1 saturated heterocycles. The van der Waals surface area contributed by atoms with Crippen LogP contribution in [-0.2, 0) is 24.1 Å². The lowest BCUT2D eigenvalue weighted by Crippen LogP contribution is -2.52. The van der Waals surface area contributed by atoms with Gasteiger partial charge in [-0.15, -0.1) is 0 Å². The van der Waals surface area contributed by atoms with Crippen molar-refractivity contribution < 1.29 is 4.79 Å². The van der Waals surface area contributed by atoms with Crippen LogP contribution >= 0.6 is 0 Å². The maximum atomic E-state index is 13.2. The van der Waals surface area contributed by atoms with Crippen LogP contribution < -0.4 is 4.90 Å². The van der Waals surface area contributed by atoms with Crippen LogP contribution in [0.4, 0.5) is 5.95 Å². The third-order valence-electron chi connectivity index (χ3n) is 7.97. The zero-order chi connectivity index (χ0) is 22.9. The first kappa shape index (κ1) is 21.5. The molecule has 34 heavy (non-hydrogen) atoms. The van der Waals surface area contributed by atoms with E-state index in [-0.39, 0.29) is 5.91 Å². The highest BCUT2D eigenvalue weighted by atomic mass is 16.2. The molecule has 176 valence electrons. The second-order valence-electron chi connectivity index (χ2n) is 9.95. The van der Waals surface area contributed by atoms with E-state index in [0.717, 1.165) is 75.4 Å². The molecule has 0 unspecified atom stereocenters. The Hall–Kier alpha value is -2.99. The standard InChI is InChI=1S/C28H33N5O/c34-27(19-22-7-3-6-21-5-1-2-10-25(21)22)32-13-11-23-20-29-28(30-26(23)12-14-32)33-17-15-31(16-18-33)24-8-4-9-24/h1-3,5-7,10,20,24H,4,8-9,11-19H2. The summed E-state index contributed by atoms with van der Waals surface area (Å²) in [7, 11) is 0. The summed E-state index contributed by atoms with van der Waals surface area (Å²) in [5, 5.41) is 2.36. The van der Waals surface area contributed by atoms with Crippen LogP contribution in [0.2, 0.25) is 0 Å². The first-order chi connectivity index (χ1) is 16.7. The van der Waals surface area contributed by atoms with Crippen molar-refractivity contribution in [2.75, 3.05) is 44.2 Å². The van der Waals surface area contributed by atoms with Crippen LogP contribution in [0.15, 0.2) is 48.7 Å². The average Bonchev–Trinajstić information content (AvgIpc) is 3.06. The van der Waals surface area contributed by atoms with E-state index in [9.17, 15) is 4.79 Å². The van der Waals surface area contributed by atoms with Gasteiger partial charge in [0, 0.05) is 57.9 Å². The Labute approximate surface area is 201 Å². The van der Waals surface area contributed by atoms with Gasteiger partial charge in [-0.3, -0.25) is 9.69 Å². The van der Waals surface area contributed by atoms with Crippen molar-refractivity contribution in [3.63, 3.8) is 0 Å². The Morgan fingerprint density at radius 1 is 0.912 bits per heavy atom. The predicted octanol–water partition coefficient (Wildman–Crippen LogP) is 3.47. The van der Waals surface area contributed by atoms with Gasteiger partial charge in [0.2, 0.25) is 11.9 Å². The minimum absolute atomic E-state index is 0.199. The van der Waals surface area contributed by atoms with Gasteiger partial charge < -0.3 is 9.80 Å². The molecule has 2 aliphatic heterocycles. The van der Waals surface area contributed by atoms with Crippen molar-refractivity contribution in [2.24, 2.45) is 0 Å². The highest BCUT2D eigenvalue weighted by Crippen LogP contribution is 2.26. The molecule has 0 N–H and O–H groups in total. The minimum atomic E-state index is 0.199. The predicted molar refractivity (Wildman–Crippen MR) is 135 cm³/mol. The van der Waals surface area contributed by atoms with Crippen LogP contribution in [0.5, 0.6) is 0 Å². The number of hydrogen-bond donors (Lipinski definition) is 0. The fourth-order valence-electron chi connectivity index (χ4n) is 5.63. The quantitative estimate of drug-likeness (QED) is 0.603. The topological polar surface area (TPSA) is 52.6 Å². The summed E-state index contributed by atoms with van der Waals surface area (Å²) >= 11 is 0. The van der Waals surface area contributed by atoms with Gasteiger partial charge in [0.15, 0.2) is 0 Å². The Bertz CT molecular complexity index is 1180. The third kappa shape index (κ3) is 4.27. The van der Waals surface area contributed by atoms with E-state index < -0.39 is 0 Å². The molecule has 0 spiro atoms. The summed E-state index contributed by atoms with van der Waals surface area (Å²) < 4.78 is 0. The lowest BCUT2D eigenvalue weighted by Gasteiger charge is -2.43. The first-order valence-electron chi connectivity index (χ1n) is 12.8. The highest BCUT2D eigenvalue weighted by molar-refractivity contribution is 5.90. The molecular weight excluding hydrogens is 422 g/mol. The van der Waals surface area contributed by atoms with Gasteiger partial charge in [0.25, 0.3) is 0 Å². The van der Waals surface area contributed by atoms with Crippen molar-refractivity contribution in [2.45, 2.75) is 44.6 Å². The number of rotatable bonds is 4. The van der Waals surface area contributed by atoms with Crippen molar-refractivity contribution in [3.8, 4) is 0 Å². The van der Waals surface area contributed by atoms with E-state index in [0.29, 0.717) is 6.42 Å². The van der Waals surface area contributed by atoms with Gasteiger partial charge in [-0.1, -0.05) is 48.9 Å². The lowest BCUT2D eigenvalue weighted by atomic mass is 9.91. The van der Waals surface area contributed by atoms with Gasteiger partial charge in [0.1, 0.15) is 0 Å². The molecule has 3 aliphatic rings. The molecule has 3 heterocycles. The maximum Gasteiger partial charge on any atom is 0.227 e. The number of benzene rings is 2. The monoisotopic (exact) mass is 455 g/mol. The number of fused-ring (bicyclic) bond motifs is 2. The summed E-state index contributed by atoms with van der Waals surface area (Å²) in [6, 6.07) is 15.4. The van der Waals surface area contributed by atoms with Crippen molar-refractivity contribution in [1.82, 2.24) is 19.8 Å². The Morgan fingerprint density at radius 2 is 1.71 bits per heavy atom. The van der Waals surface area contributed by atoms with Gasteiger partial charge >= 0.3 is 0 Å². The van der Waals surface area contributed by atoms with E-state index in [2.05, 4.69) is 34.1 Å². The van der Waals surface area contributed by atoms with Crippen LogP contribution in [0.3, 0.4) is 0 Å². The summed E-state index contributed by atoms with van der Waals surface area (Å²) in [6.07, 6.45) is 8.20. The van der Waals surface area contributed by atoms with Gasteiger partial charge in [-0.2, -0.15) is 0 Å². The minimum Gasteiger partial charge on any atom is -0.342 e. The molecule has 1 aliphatic carbocycles. The SMILES string of the molecule is O=C(Cc1cccc2ccccc12)N1CCc2cnc(N3CCN(C4CCC4)CC3)nc2CC1. The van der Waals surface area contributed by atoms with Crippen molar-refractivity contribution >= 4 is 22.6 Å². The van der Waals surface area contributed by atoms with Crippen molar-refractivity contribution in [1.29, 1.82) is 0 Å². The van der Waals surface area contributed by atoms with Crippen LogP contribution in [0, 0.1) is 0 Å². The summed E-state index contributed by atoms with van der Waals surface area (Å²) in [6.45, 7) is 5.70. The van der Waals surface area contributed by atoms with Gasteiger partial charge in [-0.25, -0.2) is 9.97 Å². The van der Waals surface area contributed by atoms with Crippen LogP contribution in [-0.4, -0.2) is 71.0 Å². The summed E-state index contributed by atoms with van der Waals surface area (Å²) in [5.41, 5.74) is 3.41. The molecule has 1 aromatic heterocycles. The molecule has 2 fully saturated rings. The number of aromatic nitrogens is 2. The summed E-state index contributed by atoms with van der Waals surface area (Å²) in [5.74, 6) is 1.06. The number of carbonyl (C=O) groups excluding carboxylic acids is 1. The van der Waals surface area contributed by atoms with E-state index >= 15 is 0 Å². The first-order valence-corrected chi connectivity index (χ1v) is 12.8. The number of nitrogens with zero attached hydrogens (tertiary/aromatic N) is 5. The number of amides is 1. The van der Waals surface area contributed by atoms with Crippen LogP contribution in [0.1, 0.15) is 36.1 Å². The molecule has 0 radical (unpaired) electrons. The molecule has 2 aromatic carbocycles. The Kier molecular flexibility index (Phi) is 5.91. The van der Waals surface area contributed by atoms with E-state index in [1.54, 1.807) is 0 Å². The lowest BCUT2D eigenvalue weighted by molar-refractivity contribution is -0.130. The molecule has 6 heteroatoms. The Morgan fingerprint density at radius 3 is 2.53 bits per heavy atom. The molecule has 1 saturated carbocycles. The molecular formula is C28H33N5O. The smallest absolute Gasteiger partial charge is 0.227 e. The zero-order valence-corrected chi connectivity index (χ0v) is 19.8. The van der Waals surface area contributed by atoms with E-state index in [4.69, 9.17) is 9.97 Å². The fourth-order valence-corrected chi connectivity index (χ4v) is 5.63. The van der Waals surface area contributed by atoms with E-state index in [1.807, 2.05) is 29.3 Å². The third-order valence-corrected chi connectivity index (χ3v) is 7.97. The second kappa shape index (κ2) is 9.34.